The normalized spacial score (nSPS) is 18.7. The molecule has 2 rings (SSSR count). The molecule has 98 valence electrons. The SMILES string of the molecule is NNc1ccc(Cl)cc1C(=O)NCC1CCCO1. The first-order valence-electron chi connectivity index (χ1n) is 5.86. The van der Waals surface area contributed by atoms with E-state index in [-0.39, 0.29) is 12.0 Å². The summed E-state index contributed by atoms with van der Waals surface area (Å²) in [7, 11) is 0. The van der Waals surface area contributed by atoms with Crippen molar-refractivity contribution in [2.24, 2.45) is 5.84 Å². The third-order valence-electron chi connectivity index (χ3n) is 2.90. The highest BCUT2D eigenvalue weighted by molar-refractivity contribution is 6.31. The summed E-state index contributed by atoms with van der Waals surface area (Å²) in [6, 6.07) is 4.93. The maximum absolute atomic E-state index is 12.0. The van der Waals surface area contributed by atoms with E-state index < -0.39 is 0 Å². The molecule has 6 heteroatoms. The Bertz CT molecular complexity index is 433. The monoisotopic (exact) mass is 269 g/mol. The Morgan fingerprint density at radius 1 is 1.56 bits per heavy atom. The van der Waals surface area contributed by atoms with Crippen LogP contribution in [-0.4, -0.2) is 25.2 Å². The number of hydrogen-bond acceptors (Lipinski definition) is 4. The summed E-state index contributed by atoms with van der Waals surface area (Å²) < 4.78 is 5.44. The number of nitrogens with one attached hydrogen (secondary N) is 2. The lowest BCUT2D eigenvalue weighted by molar-refractivity contribution is 0.0858. The van der Waals surface area contributed by atoms with Crippen molar-refractivity contribution < 1.29 is 9.53 Å². The number of rotatable bonds is 4. The van der Waals surface area contributed by atoms with Gasteiger partial charge in [0.15, 0.2) is 0 Å². The van der Waals surface area contributed by atoms with Gasteiger partial charge in [0.2, 0.25) is 0 Å². The van der Waals surface area contributed by atoms with Gasteiger partial charge in [-0.05, 0) is 31.0 Å². The average Bonchev–Trinajstić information content (AvgIpc) is 2.89. The van der Waals surface area contributed by atoms with Crippen molar-refractivity contribution in [3.05, 3.63) is 28.8 Å². The van der Waals surface area contributed by atoms with Crippen molar-refractivity contribution in [2.45, 2.75) is 18.9 Å². The van der Waals surface area contributed by atoms with Gasteiger partial charge in [-0.3, -0.25) is 10.6 Å². The number of carbonyl (C=O) groups is 1. The molecule has 0 radical (unpaired) electrons. The molecular weight excluding hydrogens is 254 g/mol. The van der Waals surface area contributed by atoms with Gasteiger partial charge in [-0.2, -0.15) is 0 Å². The molecule has 0 aromatic heterocycles. The molecule has 1 heterocycles. The third kappa shape index (κ3) is 3.13. The van der Waals surface area contributed by atoms with Gasteiger partial charge in [-0.1, -0.05) is 11.6 Å². The van der Waals surface area contributed by atoms with Crippen LogP contribution >= 0.6 is 11.6 Å². The van der Waals surface area contributed by atoms with Crippen LogP contribution in [-0.2, 0) is 4.74 Å². The van der Waals surface area contributed by atoms with Crippen molar-refractivity contribution in [3.63, 3.8) is 0 Å². The second-order valence-corrected chi connectivity index (χ2v) is 4.62. The van der Waals surface area contributed by atoms with Crippen molar-refractivity contribution in [3.8, 4) is 0 Å². The molecule has 1 saturated heterocycles. The number of hydrogen-bond donors (Lipinski definition) is 3. The maximum Gasteiger partial charge on any atom is 0.253 e. The number of nitrogens with two attached hydrogens (primary N) is 1. The molecule has 1 aliphatic rings. The Balaban J connectivity index is 2.00. The Morgan fingerprint density at radius 2 is 2.39 bits per heavy atom. The van der Waals surface area contributed by atoms with Gasteiger partial charge < -0.3 is 15.5 Å². The fraction of sp³-hybridized carbons (Fsp3) is 0.417. The molecule has 18 heavy (non-hydrogen) atoms. The van der Waals surface area contributed by atoms with Crippen LogP contribution in [0.25, 0.3) is 0 Å². The molecule has 1 amide bonds. The van der Waals surface area contributed by atoms with E-state index in [1.807, 2.05) is 0 Å². The van der Waals surface area contributed by atoms with E-state index in [1.165, 1.54) is 0 Å². The number of halogens is 1. The Morgan fingerprint density at radius 3 is 3.06 bits per heavy atom. The van der Waals surface area contributed by atoms with Gasteiger partial charge in [-0.15, -0.1) is 0 Å². The van der Waals surface area contributed by atoms with Crippen LogP contribution in [0.3, 0.4) is 0 Å². The van der Waals surface area contributed by atoms with E-state index >= 15 is 0 Å². The van der Waals surface area contributed by atoms with Crippen LogP contribution in [0.5, 0.6) is 0 Å². The average molecular weight is 270 g/mol. The van der Waals surface area contributed by atoms with Crippen molar-refractivity contribution in [1.29, 1.82) is 0 Å². The fourth-order valence-electron chi connectivity index (χ4n) is 1.94. The number of ether oxygens (including phenoxy) is 1. The summed E-state index contributed by atoms with van der Waals surface area (Å²) in [5.74, 6) is 5.15. The third-order valence-corrected chi connectivity index (χ3v) is 3.13. The predicted molar refractivity (Wildman–Crippen MR) is 70.6 cm³/mol. The van der Waals surface area contributed by atoms with E-state index in [9.17, 15) is 4.79 Å². The summed E-state index contributed by atoms with van der Waals surface area (Å²) in [6.45, 7) is 1.28. The molecule has 1 unspecified atom stereocenters. The Kier molecular flexibility index (Phi) is 4.41. The molecule has 1 aromatic rings. The van der Waals surface area contributed by atoms with E-state index in [4.69, 9.17) is 22.2 Å². The second-order valence-electron chi connectivity index (χ2n) is 4.18. The van der Waals surface area contributed by atoms with Gasteiger partial charge in [0.1, 0.15) is 0 Å². The standard InChI is InChI=1S/C12H16ClN3O2/c13-8-3-4-11(16-14)10(6-8)12(17)15-7-9-2-1-5-18-9/h3-4,6,9,16H,1-2,5,7,14H2,(H,15,17). The number of anilines is 1. The molecule has 1 aromatic carbocycles. The lowest BCUT2D eigenvalue weighted by Crippen LogP contribution is -2.32. The molecule has 1 aliphatic heterocycles. The molecule has 5 nitrogen and oxygen atoms in total. The van der Waals surface area contributed by atoms with Crippen LogP contribution in [0.2, 0.25) is 5.02 Å². The van der Waals surface area contributed by atoms with Crippen LogP contribution in [0.1, 0.15) is 23.2 Å². The maximum atomic E-state index is 12.0. The number of amides is 1. The largest absolute Gasteiger partial charge is 0.376 e. The molecule has 4 N–H and O–H groups in total. The van der Waals surface area contributed by atoms with Crippen molar-refractivity contribution in [2.75, 3.05) is 18.6 Å². The van der Waals surface area contributed by atoms with Crippen LogP contribution in [0.4, 0.5) is 5.69 Å². The Hall–Kier alpha value is -1.30. The summed E-state index contributed by atoms with van der Waals surface area (Å²) in [5, 5.41) is 3.32. The van der Waals surface area contributed by atoms with E-state index in [0.717, 1.165) is 19.4 Å². The molecule has 1 fully saturated rings. The molecular formula is C12H16ClN3O2. The quantitative estimate of drug-likeness (QED) is 0.572. The van der Waals surface area contributed by atoms with Crippen molar-refractivity contribution in [1.82, 2.24) is 5.32 Å². The predicted octanol–water partition coefficient (Wildman–Crippen LogP) is 1.53. The lowest BCUT2D eigenvalue weighted by Gasteiger charge is -2.13. The number of benzene rings is 1. The lowest BCUT2D eigenvalue weighted by atomic mass is 10.1. The molecule has 0 bridgehead atoms. The summed E-state index contributed by atoms with van der Waals surface area (Å²) in [6.07, 6.45) is 2.15. The second kappa shape index (κ2) is 6.04. The molecule has 0 aliphatic carbocycles. The minimum atomic E-state index is -0.207. The van der Waals surface area contributed by atoms with Crippen LogP contribution < -0.4 is 16.6 Å². The van der Waals surface area contributed by atoms with E-state index in [1.54, 1.807) is 18.2 Å². The molecule has 0 spiro atoms. The first kappa shape index (κ1) is 13.1. The highest BCUT2D eigenvalue weighted by atomic mass is 35.5. The smallest absolute Gasteiger partial charge is 0.253 e. The minimum absolute atomic E-state index is 0.113. The minimum Gasteiger partial charge on any atom is -0.376 e. The van der Waals surface area contributed by atoms with Crippen LogP contribution in [0.15, 0.2) is 18.2 Å². The summed E-state index contributed by atoms with van der Waals surface area (Å²) >= 11 is 5.87. The number of hydrazine groups is 1. The van der Waals surface area contributed by atoms with Gasteiger partial charge in [0.05, 0.1) is 17.4 Å². The molecule has 1 atom stereocenters. The van der Waals surface area contributed by atoms with Gasteiger partial charge in [-0.25, -0.2) is 0 Å². The number of nitrogen functional groups attached to an aromatic ring is 1. The summed E-state index contributed by atoms with van der Waals surface area (Å²) in [5.41, 5.74) is 3.46. The van der Waals surface area contributed by atoms with Crippen LogP contribution in [0, 0.1) is 0 Å². The zero-order valence-electron chi connectivity index (χ0n) is 9.91. The van der Waals surface area contributed by atoms with Crippen molar-refractivity contribution >= 4 is 23.2 Å². The zero-order valence-corrected chi connectivity index (χ0v) is 10.7. The number of carbonyl (C=O) groups excluding carboxylic acids is 1. The van der Waals surface area contributed by atoms with E-state index in [2.05, 4.69) is 10.7 Å². The molecule has 0 saturated carbocycles. The summed E-state index contributed by atoms with van der Waals surface area (Å²) in [4.78, 5) is 12.0. The zero-order chi connectivity index (χ0) is 13.0. The van der Waals surface area contributed by atoms with E-state index in [0.29, 0.717) is 22.8 Å². The fourth-order valence-corrected chi connectivity index (χ4v) is 2.11. The highest BCUT2D eigenvalue weighted by Gasteiger charge is 2.18. The van der Waals surface area contributed by atoms with Gasteiger partial charge >= 0.3 is 0 Å². The Labute approximate surface area is 111 Å². The van der Waals surface area contributed by atoms with Gasteiger partial charge in [0.25, 0.3) is 5.91 Å². The first-order chi connectivity index (χ1) is 8.70. The van der Waals surface area contributed by atoms with Gasteiger partial charge in [0, 0.05) is 18.2 Å². The topological polar surface area (TPSA) is 76.4 Å². The highest BCUT2D eigenvalue weighted by Crippen LogP contribution is 2.20. The first-order valence-corrected chi connectivity index (χ1v) is 6.24.